The molecule has 3 nitrogen and oxygen atoms in total. The van der Waals surface area contributed by atoms with Crippen LogP contribution >= 0.6 is 0 Å². The van der Waals surface area contributed by atoms with E-state index in [4.69, 9.17) is 4.74 Å². The Morgan fingerprint density at radius 2 is 1.95 bits per heavy atom. The fourth-order valence-electron chi connectivity index (χ4n) is 3.00. The van der Waals surface area contributed by atoms with E-state index in [1.165, 1.54) is 18.5 Å². The van der Waals surface area contributed by atoms with Crippen LogP contribution in [-0.2, 0) is 0 Å². The van der Waals surface area contributed by atoms with Gasteiger partial charge in [0.15, 0.2) is 0 Å². The molecule has 0 radical (unpaired) electrons. The van der Waals surface area contributed by atoms with Crippen LogP contribution in [-0.4, -0.2) is 31.4 Å². The van der Waals surface area contributed by atoms with Crippen LogP contribution in [0.4, 0.5) is 5.69 Å². The van der Waals surface area contributed by atoms with Gasteiger partial charge in [0.2, 0.25) is 0 Å². The molecule has 1 aliphatic heterocycles. The minimum atomic E-state index is 0.233. The number of aliphatic hydroxyl groups excluding tert-OH is 1. The molecule has 1 aromatic rings. The molecule has 2 rings (SSSR count). The maximum Gasteiger partial charge on any atom is 0.119 e. The highest BCUT2D eigenvalue weighted by Gasteiger charge is 2.40. The molecule has 0 amide bonds. The zero-order valence-corrected chi connectivity index (χ0v) is 13.1. The van der Waals surface area contributed by atoms with Crippen molar-refractivity contribution in [1.82, 2.24) is 0 Å². The molecule has 3 heteroatoms. The van der Waals surface area contributed by atoms with E-state index in [9.17, 15) is 5.11 Å². The van der Waals surface area contributed by atoms with Crippen LogP contribution in [0.15, 0.2) is 24.3 Å². The second-order valence-corrected chi connectivity index (χ2v) is 6.58. The minimum Gasteiger partial charge on any atom is -0.497 e. The Labute approximate surface area is 122 Å². The Balaban J connectivity index is 2.01. The van der Waals surface area contributed by atoms with E-state index >= 15 is 0 Å². The van der Waals surface area contributed by atoms with Crippen LogP contribution in [0.1, 0.15) is 33.6 Å². The molecule has 2 atom stereocenters. The van der Waals surface area contributed by atoms with Crippen molar-refractivity contribution in [1.29, 1.82) is 0 Å². The summed E-state index contributed by atoms with van der Waals surface area (Å²) in [5, 5.41) is 9.69. The van der Waals surface area contributed by atoms with Crippen molar-refractivity contribution in [2.75, 3.05) is 25.2 Å². The van der Waals surface area contributed by atoms with Crippen molar-refractivity contribution >= 4 is 5.69 Å². The third kappa shape index (κ3) is 3.09. The minimum absolute atomic E-state index is 0.233. The molecular formula is C17H27NO2. The van der Waals surface area contributed by atoms with E-state index in [0.717, 1.165) is 12.3 Å². The summed E-state index contributed by atoms with van der Waals surface area (Å²) in [7, 11) is 1.68. The number of rotatable bonds is 6. The van der Waals surface area contributed by atoms with Gasteiger partial charge in [-0.1, -0.05) is 27.2 Å². The monoisotopic (exact) mass is 277 g/mol. The Bertz CT molecular complexity index is 427. The lowest BCUT2D eigenvalue weighted by atomic mass is 9.74. The zero-order chi connectivity index (χ0) is 14.8. The van der Waals surface area contributed by atoms with Gasteiger partial charge in [0, 0.05) is 12.2 Å². The van der Waals surface area contributed by atoms with Crippen molar-refractivity contribution in [3.8, 4) is 5.75 Å². The van der Waals surface area contributed by atoms with Crippen LogP contribution in [0.2, 0.25) is 0 Å². The lowest BCUT2D eigenvalue weighted by Gasteiger charge is -2.51. The van der Waals surface area contributed by atoms with E-state index < -0.39 is 0 Å². The molecule has 20 heavy (non-hydrogen) atoms. The van der Waals surface area contributed by atoms with E-state index in [0.29, 0.717) is 11.3 Å². The van der Waals surface area contributed by atoms with Gasteiger partial charge < -0.3 is 14.7 Å². The number of aliphatic hydroxyl groups is 1. The first-order valence-corrected chi connectivity index (χ1v) is 7.52. The smallest absolute Gasteiger partial charge is 0.119 e. The average Bonchev–Trinajstić information content (AvgIpc) is 2.44. The van der Waals surface area contributed by atoms with Crippen molar-refractivity contribution in [3.05, 3.63) is 24.3 Å². The number of nitrogens with zero attached hydrogens (tertiary/aromatic N) is 1. The molecule has 1 fully saturated rings. The van der Waals surface area contributed by atoms with Crippen LogP contribution in [0.25, 0.3) is 0 Å². The zero-order valence-electron chi connectivity index (χ0n) is 13.1. The van der Waals surface area contributed by atoms with Crippen molar-refractivity contribution in [3.63, 3.8) is 0 Å². The van der Waals surface area contributed by atoms with Gasteiger partial charge in [-0.25, -0.2) is 0 Å². The van der Waals surface area contributed by atoms with Crippen molar-refractivity contribution in [2.24, 2.45) is 11.3 Å². The maximum atomic E-state index is 9.69. The number of hydrogen-bond donors (Lipinski definition) is 1. The Hall–Kier alpha value is -1.22. The standard InChI is InChI=1S/C17H27NO2/c1-5-17(2,3)10-13-11-18(16(13)12-19)14-6-8-15(20-4)9-7-14/h6-9,13,16,19H,5,10-12H2,1-4H3. The summed E-state index contributed by atoms with van der Waals surface area (Å²) in [5.74, 6) is 1.47. The lowest BCUT2D eigenvalue weighted by Crippen LogP contribution is -2.59. The predicted molar refractivity (Wildman–Crippen MR) is 83.4 cm³/mol. The molecule has 1 aromatic carbocycles. The average molecular weight is 277 g/mol. The SMILES string of the molecule is CCC(C)(C)CC1CN(c2ccc(OC)cc2)C1CO. The van der Waals surface area contributed by atoms with Crippen LogP contribution in [0.3, 0.4) is 0 Å². The summed E-state index contributed by atoms with van der Waals surface area (Å²) >= 11 is 0. The molecule has 0 aromatic heterocycles. The molecule has 1 heterocycles. The quantitative estimate of drug-likeness (QED) is 0.866. The van der Waals surface area contributed by atoms with Crippen LogP contribution < -0.4 is 9.64 Å². The molecule has 0 aliphatic carbocycles. The number of anilines is 1. The second kappa shape index (κ2) is 6.04. The van der Waals surface area contributed by atoms with Gasteiger partial charge in [-0.3, -0.25) is 0 Å². The Morgan fingerprint density at radius 3 is 2.45 bits per heavy atom. The van der Waals surface area contributed by atoms with E-state index in [1.807, 2.05) is 12.1 Å². The third-order valence-corrected chi connectivity index (χ3v) is 4.74. The van der Waals surface area contributed by atoms with Crippen LogP contribution in [0, 0.1) is 11.3 Å². The van der Waals surface area contributed by atoms with Gasteiger partial charge in [0.25, 0.3) is 0 Å². The highest BCUT2D eigenvalue weighted by Crippen LogP contribution is 2.39. The van der Waals surface area contributed by atoms with Gasteiger partial charge >= 0.3 is 0 Å². The van der Waals surface area contributed by atoms with Crippen LogP contribution in [0.5, 0.6) is 5.75 Å². The fourth-order valence-corrected chi connectivity index (χ4v) is 3.00. The number of hydrogen-bond acceptors (Lipinski definition) is 3. The summed E-state index contributed by atoms with van der Waals surface area (Å²) < 4.78 is 5.19. The largest absolute Gasteiger partial charge is 0.497 e. The lowest BCUT2D eigenvalue weighted by molar-refractivity contribution is 0.127. The first kappa shape index (κ1) is 15.2. The van der Waals surface area contributed by atoms with Crippen molar-refractivity contribution < 1.29 is 9.84 Å². The molecule has 0 saturated carbocycles. The first-order chi connectivity index (χ1) is 9.50. The summed E-state index contributed by atoms with van der Waals surface area (Å²) in [6.45, 7) is 8.15. The van der Waals surface area contributed by atoms with Gasteiger partial charge in [-0.2, -0.15) is 0 Å². The van der Waals surface area contributed by atoms with Gasteiger partial charge in [0.1, 0.15) is 5.75 Å². The Kier molecular flexibility index (Phi) is 4.59. The summed E-state index contributed by atoms with van der Waals surface area (Å²) in [6, 6.07) is 8.36. The number of methoxy groups -OCH3 is 1. The Morgan fingerprint density at radius 1 is 1.30 bits per heavy atom. The molecule has 112 valence electrons. The van der Waals surface area contributed by atoms with E-state index in [2.05, 4.69) is 37.8 Å². The molecule has 2 unspecified atom stereocenters. The topological polar surface area (TPSA) is 32.7 Å². The van der Waals surface area contributed by atoms with Gasteiger partial charge in [0.05, 0.1) is 19.8 Å². The second-order valence-electron chi connectivity index (χ2n) is 6.58. The predicted octanol–water partition coefficient (Wildman–Crippen LogP) is 3.32. The summed E-state index contributed by atoms with van der Waals surface area (Å²) in [5.41, 5.74) is 1.54. The highest BCUT2D eigenvalue weighted by molar-refractivity contribution is 5.52. The molecule has 1 saturated heterocycles. The fraction of sp³-hybridized carbons (Fsp3) is 0.647. The summed E-state index contributed by atoms with van der Waals surface area (Å²) in [4.78, 5) is 2.30. The molecule has 1 aliphatic rings. The van der Waals surface area contributed by atoms with E-state index in [1.54, 1.807) is 7.11 Å². The van der Waals surface area contributed by atoms with Gasteiger partial charge in [-0.15, -0.1) is 0 Å². The first-order valence-electron chi connectivity index (χ1n) is 7.52. The normalized spacial score (nSPS) is 22.6. The van der Waals surface area contributed by atoms with Gasteiger partial charge in [-0.05, 0) is 42.0 Å². The molecular weight excluding hydrogens is 250 g/mol. The maximum absolute atomic E-state index is 9.69. The van der Waals surface area contributed by atoms with E-state index in [-0.39, 0.29) is 12.6 Å². The number of benzene rings is 1. The van der Waals surface area contributed by atoms with Crippen molar-refractivity contribution in [2.45, 2.75) is 39.7 Å². The molecule has 0 bridgehead atoms. The molecule has 0 spiro atoms. The summed E-state index contributed by atoms with van der Waals surface area (Å²) in [6.07, 6.45) is 2.37. The molecule has 1 N–H and O–H groups in total. The third-order valence-electron chi connectivity index (χ3n) is 4.74. The number of ether oxygens (including phenoxy) is 1. The highest BCUT2D eigenvalue weighted by atomic mass is 16.5.